The van der Waals surface area contributed by atoms with Crippen LogP contribution in [0, 0.1) is 0 Å². The molecule has 98 valence electrons. The van der Waals surface area contributed by atoms with Crippen LogP contribution in [0.15, 0.2) is 42.1 Å². The highest BCUT2D eigenvalue weighted by Crippen LogP contribution is 2.07. The predicted molar refractivity (Wildman–Crippen MR) is 70.3 cm³/mol. The van der Waals surface area contributed by atoms with Crippen LogP contribution in [0.3, 0.4) is 0 Å². The van der Waals surface area contributed by atoms with Gasteiger partial charge in [-0.25, -0.2) is 4.79 Å². The van der Waals surface area contributed by atoms with Gasteiger partial charge in [0.25, 0.3) is 0 Å². The van der Waals surface area contributed by atoms with Gasteiger partial charge in [-0.1, -0.05) is 18.2 Å². The van der Waals surface area contributed by atoms with E-state index >= 15 is 0 Å². The first-order chi connectivity index (χ1) is 8.72. The van der Waals surface area contributed by atoms with Crippen molar-refractivity contribution >= 4 is 5.97 Å². The summed E-state index contributed by atoms with van der Waals surface area (Å²) in [5.74, 6) is 0.512. The summed E-state index contributed by atoms with van der Waals surface area (Å²) in [4.78, 5) is 11.1. The number of esters is 1. The monoisotopic (exact) mass is 249 g/mol. The quantitative estimate of drug-likeness (QED) is 0.457. The Hall–Kier alpha value is -1.97. The number of para-hydroxylation sites is 1. The van der Waals surface area contributed by atoms with Crippen molar-refractivity contribution in [3.05, 3.63) is 42.1 Å². The highest BCUT2D eigenvalue weighted by Gasteiger charge is 1.97. The minimum Gasteiger partial charge on any atom is -0.492 e. The molecule has 4 heteroatoms. The molecule has 0 fully saturated rings. The fraction of sp³-hybridized carbons (Fsp3) is 0.357. The molecule has 0 bridgehead atoms. The topological polar surface area (TPSA) is 47.6 Å². The van der Waals surface area contributed by atoms with Crippen molar-refractivity contribution in [3.8, 4) is 5.75 Å². The third-order valence-electron chi connectivity index (χ3n) is 2.14. The predicted octanol–water partition coefficient (Wildman–Crippen LogP) is 2.12. The molecule has 0 heterocycles. The summed E-state index contributed by atoms with van der Waals surface area (Å²) in [6.07, 6.45) is 1.44. The van der Waals surface area contributed by atoms with Gasteiger partial charge in [0.2, 0.25) is 0 Å². The van der Waals surface area contributed by atoms with Crippen LogP contribution in [0.4, 0.5) is 0 Å². The number of nitrogens with one attached hydrogen (secondary N) is 1. The van der Waals surface area contributed by atoms with Gasteiger partial charge in [-0.2, -0.15) is 0 Å². The lowest BCUT2D eigenvalue weighted by Crippen LogP contribution is -2.20. The van der Waals surface area contributed by atoms with Crippen LogP contribution in [-0.4, -0.2) is 25.7 Å². The van der Waals surface area contributed by atoms with E-state index in [-0.39, 0.29) is 5.97 Å². The van der Waals surface area contributed by atoms with Crippen molar-refractivity contribution in [1.82, 2.24) is 5.32 Å². The van der Waals surface area contributed by atoms with E-state index in [0.717, 1.165) is 11.4 Å². The molecule has 18 heavy (non-hydrogen) atoms. The zero-order valence-corrected chi connectivity index (χ0v) is 10.8. The first-order valence-electron chi connectivity index (χ1n) is 5.99. The lowest BCUT2D eigenvalue weighted by Gasteiger charge is -2.08. The molecule has 0 amide bonds. The molecular weight excluding hydrogens is 230 g/mol. The molecule has 0 spiro atoms. The maximum atomic E-state index is 11.1. The number of allylic oxidation sites excluding steroid dienone is 1. The third kappa shape index (κ3) is 5.94. The van der Waals surface area contributed by atoms with Crippen LogP contribution in [0.1, 0.15) is 13.8 Å². The second-order valence-electron chi connectivity index (χ2n) is 3.67. The van der Waals surface area contributed by atoms with Gasteiger partial charge in [0.15, 0.2) is 0 Å². The van der Waals surface area contributed by atoms with Crippen LogP contribution in [0.2, 0.25) is 0 Å². The highest BCUT2D eigenvalue weighted by atomic mass is 16.5. The Morgan fingerprint density at radius 1 is 1.33 bits per heavy atom. The lowest BCUT2D eigenvalue weighted by atomic mass is 10.3. The van der Waals surface area contributed by atoms with Crippen molar-refractivity contribution < 1.29 is 14.3 Å². The Kier molecular flexibility index (Phi) is 6.40. The van der Waals surface area contributed by atoms with E-state index < -0.39 is 0 Å². The van der Waals surface area contributed by atoms with E-state index in [1.807, 2.05) is 37.3 Å². The normalized spacial score (nSPS) is 10.9. The van der Waals surface area contributed by atoms with Gasteiger partial charge in [-0.05, 0) is 26.0 Å². The van der Waals surface area contributed by atoms with E-state index in [1.165, 1.54) is 6.08 Å². The number of carbonyl (C=O) groups is 1. The summed E-state index contributed by atoms with van der Waals surface area (Å²) >= 11 is 0. The van der Waals surface area contributed by atoms with E-state index in [4.69, 9.17) is 9.47 Å². The Morgan fingerprint density at radius 3 is 2.72 bits per heavy atom. The smallest absolute Gasteiger partial charge is 0.332 e. The Labute approximate surface area is 108 Å². The van der Waals surface area contributed by atoms with E-state index in [2.05, 4.69) is 5.32 Å². The number of hydrogen-bond donors (Lipinski definition) is 1. The number of carbonyl (C=O) groups excluding carboxylic acids is 1. The molecule has 0 aliphatic carbocycles. The molecule has 0 aliphatic heterocycles. The van der Waals surface area contributed by atoms with Gasteiger partial charge in [-0.3, -0.25) is 0 Å². The number of rotatable bonds is 7. The Balaban J connectivity index is 2.19. The molecule has 0 atom stereocenters. The van der Waals surface area contributed by atoms with Crippen molar-refractivity contribution in [3.63, 3.8) is 0 Å². The molecule has 0 unspecified atom stereocenters. The molecule has 0 saturated heterocycles. The average Bonchev–Trinajstić information content (AvgIpc) is 2.36. The van der Waals surface area contributed by atoms with Crippen molar-refractivity contribution in [2.75, 3.05) is 19.8 Å². The van der Waals surface area contributed by atoms with E-state index in [1.54, 1.807) is 6.92 Å². The van der Waals surface area contributed by atoms with Crippen molar-refractivity contribution in [2.45, 2.75) is 13.8 Å². The first kappa shape index (κ1) is 14.1. The largest absolute Gasteiger partial charge is 0.492 e. The third-order valence-corrected chi connectivity index (χ3v) is 2.14. The summed E-state index contributed by atoms with van der Waals surface area (Å²) in [5.41, 5.74) is 0.769. The maximum Gasteiger partial charge on any atom is 0.332 e. The molecule has 0 aromatic heterocycles. The molecule has 0 saturated carbocycles. The fourth-order valence-corrected chi connectivity index (χ4v) is 1.35. The fourth-order valence-electron chi connectivity index (χ4n) is 1.35. The van der Waals surface area contributed by atoms with Crippen molar-refractivity contribution in [1.29, 1.82) is 0 Å². The second-order valence-corrected chi connectivity index (χ2v) is 3.67. The summed E-state index contributed by atoms with van der Waals surface area (Å²) in [7, 11) is 0. The minimum absolute atomic E-state index is 0.327. The van der Waals surface area contributed by atoms with E-state index in [0.29, 0.717) is 19.8 Å². The van der Waals surface area contributed by atoms with Gasteiger partial charge in [0.1, 0.15) is 12.4 Å². The van der Waals surface area contributed by atoms with Crippen LogP contribution in [0.5, 0.6) is 5.75 Å². The first-order valence-corrected chi connectivity index (χ1v) is 5.99. The summed E-state index contributed by atoms with van der Waals surface area (Å²) in [5, 5.41) is 3.08. The van der Waals surface area contributed by atoms with Gasteiger partial charge >= 0.3 is 5.97 Å². The van der Waals surface area contributed by atoms with Crippen molar-refractivity contribution in [2.24, 2.45) is 0 Å². The SMILES string of the molecule is CCOC(=O)/C=C(/C)NCCOc1ccccc1. The molecule has 1 rings (SSSR count). The Morgan fingerprint density at radius 2 is 2.06 bits per heavy atom. The van der Waals surface area contributed by atoms with Crippen LogP contribution >= 0.6 is 0 Å². The highest BCUT2D eigenvalue weighted by molar-refractivity contribution is 5.82. The number of benzene rings is 1. The zero-order chi connectivity index (χ0) is 13.2. The summed E-state index contributed by atoms with van der Waals surface area (Å²) in [6, 6.07) is 9.60. The number of hydrogen-bond acceptors (Lipinski definition) is 4. The van der Waals surface area contributed by atoms with Crippen LogP contribution < -0.4 is 10.1 Å². The molecule has 1 aromatic rings. The van der Waals surface area contributed by atoms with Gasteiger partial charge < -0.3 is 14.8 Å². The molecule has 1 N–H and O–H groups in total. The van der Waals surface area contributed by atoms with Gasteiger partial charge in [-0.15, -0.1) is 0 Å². The van der Waals surface area contributed by atoms with Crippen LogP contribution in [0.25, 0.3) is 0 Å². The minimum atomic E-state index is -0.327. The van der Waals surface area contributed by atoms with Crippen LogP contribution in [-0.2, 0) is 9.53 Å². The lowest BCUT2D eigenvalue weighted by molar-refractivity contribution is -0.137. The molecule has 0 aliphatic rings. The zero-order valence-electron chi connectivity index (χ0n) is 10.8. The standard InChI is InChI=1S/C14H19NO3/c1-3-17-14(16)11-12(2)15-9-10-18-13-7-5-4-6-8-13/h4-8,11,15H,3,9-10H2,1-2H3/b12-11-. The molecule has 1 aromatic carbocycles. The molecular formula is C14H19NO3. The molecule has 4 nitrogen and oxygen atoms in total. The van der Waals surface area contributed by atoms with E-state index in [9.17, 15) is 4.79 Å². The maximum absolute atomic E-state index is 11.1. The Bertz CT molecular complexity index is 387. The van der Waals surface area contributed by atoms with Gasteiger partial charge in [0.05, 0.1) is 6.61 Å². The second kappa shape index (κ2) is 8.17. The van der Waals surface area contributed by atoms with Gasteiger partial charge in [0, 0.05) is 18.3 Å². The summed E-state index contributed by atoms with van der Waals surface area (Å²) in [6.45, 7) is 5.16. The average molecular weight is 249 g/mol. The summed E-state index contributed by atoms with van der Waals surface area (Å²) < 4.78 is 10.3. The molecule has 0 radical (unpaired) electrons. The number of ether oxygens (including phenoxy) is 2.